The maximum absolute atomic E-state index is 5.50. The first-order chi connectivity index (χ1) is 10.6. The van der Waals surface area contributed by atoms with Gasteiger partial charge in [0.2, 0.25) is 0 Å². The van der Waals surface area contributed by atoms with Crippen molar-refractivity contribution < 1.29 is 4.42 Å². The van der Waals surface area contributed by atoms with Crippen molar-refractivity contribution in [1.82, 2.24) is 14.8 Å². The molecule has 0 saturated heterocycles. The monoisotopic (exact) mass is 494 g/mol. The van der Waals surface area contributed by atoms with Crippen molar-refractivity contribution >= 4 is 45.9 Å². The summed E-state index contributed by atoms with van der Waals surface area (Å²) in [6, 6.07) is 8.06. The van der Waals surface area contributed by atoms with Gasteiger partial charge < -0.3 is 19.2 Å². The molecule has 7 heteroatoms. The molecular formula is C16H24BrIN4O. The molecule has 2 heterocycles. The van der Waals surface area contributed by atoms with Gasteiger partial charge in [-0.3, -0.25) is 4.99 Å². The molecular weight excluding hydrogens is 471 g/mol. The summed E-state index contributed by atoms with van der Waals surface area (Å²) in [5.41, 5.74) is 1.25. The molecule has 0 unspecified atom stereocenters. The van der Waals surface area contributed by atoms with Crippen LogP contribution in [-0.4, -0.2) is 35.6 Å². The van der Waals surface area contributed by atoms with E-state index < -0.39 is 0 Å². The summed E-state index contributed by atoms with van der Waals surface area (Å²) in [5, 5.41) is 3.33. The van der Waals surface area contributed by atoms with Gasteiger partial charge in [0, 0.05) is 45.5 Å². The first-order valence-corrected chi connectivity index (χ1v) is 8.23. The Morgan fingerprint density at radius 3 is 2.74 bits per heavy atom. The van der Waals surface area contributed by atoms with E-state index in [0.29, 0.717) is 6.54 Å². The largest absolute Gasteiger partial charge is 0.454 e. The van der Waals surface area contributed by atoms with Gasteiger partial charge in [0.25, 0.3) is 0 Å². The molecule has 2 aromatic rings. The van der Waals surface area contributed by atoms with Gasteiger partial charge >= 0.3 is 0 Å². The van der Waals surface area contributed by atoms with Gasteiger partial charge in [0.1, 0.15) is 5.76 Å². The van der Waals surface area contributed by atoms with Gasteiger partial charge in [-0.2, -0.15) is 0 Å². The van der Waals surface area contributed by atoms with Crippen molar-refractivity contribution in [3.05, 3.63) is 46.6 Å². The predicted molar refractivity (Wildman–Crippen MR) is 108 cm³/mol. The molecule has 0 bridgehead atoms. The zero-order valence-corrected chi connectivity index (χ0v) is 17.7. The molecule has 0 radical (unpaired) electrons. The molecule has 0 saturated carbocycles. The maximum Gasteiger partial charge on any atom is 0.194 e. The second-order valence-corrected chi connectivity index (χ2v) is 5.94. The Hall–Kier alpha value is -0.960. The molecule has 0 aliphatic rings. The second kappa shape index (κ2) is 10.0. The van der Waals surface area contributed by atoms with Crippen molar-refractivity contribution in [2.45, 2.75) is 19.9 Å². The molecule has 0 aromatic carbocycles. The molecule has 0 amide bonds. The average Bonchev–Trinajstić information content (AvgIpc) is 3.07. The Morgan fingerprint density at radius 1 is 1.39 bits per heavy atom. The van der Waals surface area contributed by atoms with E-state index in [0.717, 1.165) is 35.9 Å². The van der Waals surface area contributed by atoms with E-state index in [9.17, 15) is 0 Å². The maximum atomic E-state index is 5.50. The van der Waals surface area contributed by atoms with Crippen LogP contribution >= 0.6 is 39.9 Å². The first kappa shape index (κ1) is 20.1. The summed E-state index contributed by atoms with van der Waals surface area (Å²) in [6.07, 6.45) is 2.85. The quantitative estimate of drug-likeness (QED) is 0.379. The van der Waals surface area contributed by atoms with Crippen LogP contribution in [0.15, 0.2) is 44.5 Å². The summed E-state index contributed by atoms with van der Waals surface area (Å²) in [5.74, 6) is 1.85. The molecule has 0 spiro atoms. The number of aromatic nitrogens is 1. The molecule has 0 aliphatic carbocycles. The second-order valence-electron chi connectivity index (χ2n) is 5.16. The van der Waals surface area contributed by atoms with E-state index in [1.807, 2.05) is 12.1 Å². The number of guanidine groups is 1. The Balaban J connectivity index is 0.00000264. The fourth-order valence-corrected chi connectivity index (χ4v) is 2.55. The molecule has 1 N–H and O–H groups in total. The number of rotatable bonds is 6. The summed E-state index contributed by atoms with van der Waals surface area (Å²) < 4.78 is 8.39. The molecule has 2 aromatic heterocycles. The van der Waals surface area contributed by atoms with Crippen LogP contribution in [0.25, 0.3) is 0 Å². The highest BCUT2D eigenvalue weighted by atomic mass is 127. The number of hydrogen-bond acceptors (Lipinski definition) is 2. The van der Waals surface area contributed by atoms with Crippen LogP contribution in [-0.2, 0) is 20.0 Å². The highest BCUT2D eigenvalue weighted by molar-refractivity contribution is 14.0. The Morgan fingerprint density at radius 2 is 2.17 bits per heavy atom. The van der Waals surface area contributed by atoms with Crippen molar-refractivity contribution in [2.24, 2.45) is 12.0 Å². The Kier molecular flexibility index (Phi) is 8.75. The van der Waals surface area contributed by atoms with Crippen molar-refractivity contribution in [2.75, 3.05) is 20.1 Å². The number of hydrogen-bond donors (Lipinski definition) is 1. The lowest BCUT2D eigenvalue weighted by molar-refractivity contribution is 0.459. The van der Waals surface area contributed by atoms with E-state index in [1.54, 1.807) is 0 Å². The number of nitrogens with one attached hydrogen (secondary N) is 1. The van der Waals surface area contributed by atoms with Crippen molar-refractivity contribution in [3.8, 4) is 0 Å². The minimum Gasteiger partial charge on any atom is -0.454 e. The topological polar surface area (TPSA) is 45.7 Å². The van der Waals surface area contributed by atoms with Gasteiger partial charge in [-0.1, -0.05) is 0 Å². The van der Waals surface area contributed by atoms with Gasteiger partial charge in [0.05, 0.1) is 6.54 Å². The lowest BCUT2D eigenvalue weighted by Gasteiger charge is -2.22. The number of aliphatic imine (C=N–C) groups is 1. The van der Waals surface area contributed by atoms with Crippen LogP contribution in [0, 0.1) is 0 Å². The number of halogens is 2. The SMILES string of the molecule is CCNC(=NCCc1ccc(Br)o1)N(C)Cc1cccn1C.I. The van der Waals surface area contributed by atoms with Crippen LogP contribution < -0.4 is 5.32 Å². The third-order valence-electron chi connectivity index (χ3n) is 3.40. The molecule has 128 valence electrons. The Bertz CT molecular complexity index is 623. The number of furan rings is 1. The van der Waals surface area contributed by atoms with Crippen LogP contribution in [0.2, 0.25) is 0 Å². The molecule has 23 heavy (non-hydrogen) atoms. The van der Waals surface area contributed by atoms with Crippen LogP contribution in [0.3, 0.4) is 0 Å². The summed E-state index contributed by atoms with van der Waals surface area (Å²) in [7, 11) is 4.11. The zero-order chi connectivity index (χ0) is 15.9. The van der Waals surface area contributed by atoms with E-state index in [2.05, 4.69) is 75.1 Å². The van der Waals surface area contributed by atoms with Gasteiger partial charge in [0.15, 0.2) is 10.6 Å². The van der Waals surface area contributed by atoms with E-state index in [-0.39, 0.29) is 24.0 Å². The highest BCUT2D eigenvalue weighted by Gasteiger charge is 2.08. The van der Waals surface area contributed by atoms with E-state index in [4.69, 9.17) is 4.42 Å². The van der Waals surface area contributed by atoms with Gasteiger partial charge in [-0.05, 0) is 47.1 Å². The smallest absolute Gasteiger partial charge is 0.194 e. The highest BCUT2D eigenvalue weighted by Crippen LogP contribution is 2.14. The van der Waals surface area contributed by atoms with Crippen molar-refractivity contribution in [1.29, 1.82) is 0 Å². The third kappa shape index (κ3) is 6.21. The predicted octanol–water partition coefficient (Wildman–Crippen LogP) is 3.64. The molecule has 0 aliphatic heterocycles. The van der Waals surface area contributed by atoms with Gasteiger partial charge in [-0.25, -0.2) is 0 Å². The third-order valence-corrected chi connectivity index (χ3v) is 3.82. The average molecular weight is 495 g/mol. The van der Waals surface area contributed by atoms with Crippen molar-refractivity contribution in [3.63, 3.8) is 0 Å². The summed E-state index contributed by atoms with van der Waals surface area (Å²) in [6.45, 7) is 4.44. The summed E-state index contributed by atoms with van der Waals surface area (Å²) >= 11 is 3.32. The van der Waals surface area contributed by atoms with Crippen LogP contribution in [0.5, 0.6) is 0 Å². The van der Waals surface area contributed by atoms with Crippen LogP contribution in [0.1, 0.15) is 18.4 Å². The fraction of sp³-hybridized carbons (Fsp3) is 0.438. The minimum atomic E-state index is 0. The van der Waals surface area contributed by atoms with Gasteiger partial charge in [-0.15, -0.1) is 24.0 Å². The lowest BCUT2D eigenvalue weighted by Crippen LogP contribution is -2.39. The summed E-state index contributed by atoms with van der Waals surface area (Å²) in [4.78, 5) is 6.81. The Labute approximate surface area is 163 Å². The molecule has 0 fully saturated rings. The van der Waals surface area contributed by atoms with Crippen LogP contribution in [0.4, 0.5) is 0 Å². The lowest BCUT2D eigenvalue weighted by atomic mass is 10.3. The first-order valence-electron chi connectivity index (χ1n) is 7.44. The fourth-order valence-electron chi connectivity index (χ4n) is 2.21. The standard InChI is InChI=1S/C16H23BrN4O.HI/c1-4-18-16(19-10-9-14-7-8-15(17)22-14)21(3)12-13-6-5-11-20(13)2;/h5-8,11H,4,9-10,12H2,1-3H3,(H,18,19);1H. The normalized spacial score (nSPS) is 11.2. The molecule has 2 rings (SSSR count). The van der Waals surface area contributed by atoms with E-state index >= 15 is 0 Å². The zero-order valence-electron chi connectivity index (χ0n) is 13.8. The number of nitrogens with zero attached hydrogens (tertiary/aromatic N) is 3. The van der Waals surface area contributed by atoms with E-state index in [1.165, 1.54) is 5.69 Å². The minimum absolute atomic E-state index is 0. The number of aryl methyl sites for hydroxylation is 1. The molecule has 5 nitrogen and oxygen atoms in total. The molecule has 0 atom stereocenters.